The van der Waals surface area contributed by atoms with Crippen molar-refractivity contribution in [1.29, 1.82) is 0 Å². The number of aromatic nitrogens is 1. The third kappa shape index (κ3) is 1.80. The molecule has 0 aliphatic carbocycles. The molecule has 90 valence electrons. The molecule has 2 N–H and O–H groups in total. The summed E-state index contributed by atoms with van der Waals surface area (Å²) in [6.07, 6.45) is 2.48. The molecule has 1 unspecified atom stereocenters. The smallest absolute Gasteiger partial charge is 0.143 e. The summed E-state index contributed by atoms with van der Waals surface area (Å²) >= 11 is 0. The average Bonchev–Trinajstić information content (AvgIpc) is 2.95. The van der Waals surface area contributed by atoms with Crippen molar-refractivity contribution in [3.8, 4) is 5.75 Å². The van der Waals surface area contributed by atoms with E-state index in [0.717, 1.165) is 17.8 Å². The first-order valence-electron chi connectivity index (χ1n) is 6.18. The monoisotopic (exact) mass is 230 g/mol. The van der Waals surface area contributed by atoms with E-state index in [1.165, 1.54) is 29.5 Å². The van der Waals surface area contributed by atoms with Gasteiger partial charge in [-0.1, -0.05) is 0 Å². The van der Waals surface area contributed by atoms with Crippen molar-refractivity contribution in [2.75, 3.05) is 13.7 Å². The van der Waals surface area contributed by atoms with Crippen LogP contribution in [0.2, 0.25) is 0 Å². The molecule has 1 aliphatic rings. The highest BCUT2D eigenvalue weighted by Gasteiger charge is 2.18. The van der Waals surface area contributed by atoms with Crippen molar-refractivity contribution >= 4 is 10.9 Å². The molecule has 1 aromatic carbocycles. The number of aryl methyl sites for hydroxylation is 1. The topological polar surface area (TPSA) is 37.0 Å². The molecule has 1 aliphatic heterocycles. The SMILES string of the molecule is COc1cc(C)cc2cc(C3CCCN3)[nH]c12. The molecule has 0 saturated carbocycles. The number of methoxy groups -OCH3 is 1. The van der Waals surface area contributed by atoms with Gasteiger partial charge < -0.3 is 15.0 Å². The molecule has 1 atom stereocenters. The minimum Gasteiger partial charge on any atom is -0.495 e. The van der Waals surface area contributed by atoms with E-state index in [1.54, 1.807) is 7.11 Å². The largest absolute Gasteiger partial charge is 0.495 e. The predicted molar refractivity (Wildman–Crippen MR) is 69.6 cm³/mol. The summed E-state index contributed by atoms with van der Waals surface area (Å²) in [5, 5.41) is 4.76. The molecule has 17 heavy (non-hydrogen) atoms. The molecule has 1 saturated heterocycles. The molecule has 3 rings (SSSR count). The summed E-state index contributed by atoms with van der Waals surface area (Å²) < 4.78 is 5.43. The van der Waals surface area contributed by atoms with E-state index in [9.17, 15) is 0 Å². The number of ether oxygens (including phenoxy) is 1. The maximum Gasteiger partial charge on any atom is 0.143 e. The van der Waals surface area contributed by atoms with Gasteiger partial charge in [0.05, 0.1) is 12.6 Å². The van der Waals surface area contributed by atoms with Gasteiger partial charge in [0.2, 0.25) is 0 Å². The Morgan fingerprint density at radius 2 is 2.18 bits per heavy atom. The molecule has 1 fully saturated rings. The molecule has 2 aromatic rings. The van der Waals surface area contributed by atoms with Crippen LogP contribution in [-0.4, -0.2) is 18.6 Å². The standard InChI is InChI=1S/C14H18N2O/c1-9-6-10-8-12(11-4-3-5-15-11)16-14(10)13(7-9)17-2/h6-8,11,15-16H,3-5H2,1-2H3. The van der Waals surface area contributed by atoms with Crippen molar-refractivity contribution in [1.82, 2.24) is 10.3 Å². The fourth-order valence-corrected chi connectivity index (χ4v) is 2.67. The Balaban J connectivity index is 2.11. The van der Waals surface area contributed by atoms with Crippen LogP contribution in [0.25, 0.3) is 10.9 Å². The first-order valence-corrected chi connectivity index (χ1v) is 6.18. The van der Waals surface area contributed by atoms with Gasteiger partial charge >= 0.3 is 0 Å². The first kappa shape index (κ1) is 10.7. The highest BCUT2D eigenvalue weighted by molar-refractivity contribution is 5.87. The Morgan fingerprint density at radius 1 is 1.29 bits per heavy atom. The second-order valence-electron chi connectivity index (χ2n) is 4.81. The number of hydrogen-bond donors (Lipinski definition) is 2. The number of nitrogens with one attached hydrogen (secondary N) is 2. The summed E-state index contributed by atoms with van der Waals surface area (Å²) in [4.78, 5) is 3.50. The van der Waals surface area contributed by atoms with Gasteiger partial charge in [0.15, 0.2) is 0 Å². The summed E-state index contributed by atoms with van der Waals surface area (Å²) in [7, 11) is 1.72. The third-order valence-corrected chi connectivity index (χ3v) is 3.51. The van der Waals surface area contributed by atoms with Gasteiger partial charge in [0, 0.05) is 17.1 Å². The highest BCUT2D eigenvalue weighted by atomic mass is 16.5. The summed E-state index contributed by atoms with van der Waals surface area (Å²) in [6.45, 7) is 3.22. The molecule has 0 radical (unpaired) electrons. The van der Waals surface area contributed by atoms with Crippen LogP contribution in [0.5, 0.6) is 5.75 Å². The van der Waals surface area contributed by atoms with E-state index >= 15 is 0 Å². The van der Waals surface area contributed by atoms with E-state index in [0.29, 0.717) is 6.04 Å². The summed E-state index contributed by atoms with van der Waals surface area (Å²) in [6, 6.07) is 7.00. The second-order valence-corrected chi connectivity index (χ2v) is 4.81. The van der Waals surface area contributed by atoms with Crippen molar-refractivity contribution in [2.24, 2.45) is 0 Å². The van der Waals surface area contributed by atoms with Crippen LogP contribution in [0.3, 0.4) is 0 Å². The predicted octanol–water partition coefficient (Wildman–Crippen LogP) is 2.91. The third-order valence-electron chi connectivity index (χ3n) is 3.51. The van der Waals surface area contributed by atoms with Crippen LogP contribution in [0, 0.1) is 6.92 Å². The van der Waals surface area contributed by atoms with Crippen LogP contribution in [-0.2, 0) is 0 Å². The fourth-order valence-electron chi connectivity index (χ4n) is 2.67. The zero-order valence-corrected chi connectivity index (χ0v) is 10.3. The molecule has 0 bridgehead atoms. The minimum absolute atomic E-state index is 0.479. The van der Waals surface area contributed by atoms with Gasteiger partial charge in [0.25, 0.3) is 0 Å². The number of rotatable bonds is 2. The van der Waals surface area contributed by atoms with Gasteiger partial charge in [0.1, 0.15) is 5.75 Å². The van der Waals surface area contributed by atoms with Crippen molar-refractivity contribution in [3.63, 3.8) is 0 Å². The van der Waals surface area contributed by atoms with E-state index in [-0.39, 0.29) is 0 Å². The summed E-state index contributed by atoms with van der Waals surface area (Å²) in [5.41, 5.74) is 3.63. The van der Waals surface area contributed by atoms with Crippen LogP contribution in [0.1, 0.15) is 30.1 Å². The Hall–Kier alpha value is -1.48. The molecule has 3 nitrogen and oxygen atoms in total. The van der Waals surface area contributed by atoms with Crippen molar-refractivity contribution in [3.05, 3.63) is 29.5 Å². The first-order chi connectivity index (χ1) is 8.28. The van der Waals surface area contributed by atoms with Gasteiger partial charge in [-0.25, -0.2) is 0 Å². The van der Waals surface area contributed by atoms with Crippen LogP contribution < -0.4 is 10.1 Å². The van der Waals surface area contributed by atoms with E-state index in [1.807, 2.05) is 0 Å². The highest BCUT2D eigenvalue weighted by Crippen LogP contribution is 2.31. The number of H-pyrrole nitrogens is 1. The lowest BCUT2D eigenvalue weighted by Gasteiger charge is -2.06. The van der Waals surface area contributed by atoms with Gasteiger partial charge in [-0.2, -0.15) is 0 Å². The Kier molecular flexibility index (Phi) is 2.56. The van der Waals surface area contributed by atoms with Gasteiger partial charge in [-0.15, -0.1) is 0 Å². The quantitative estimate of drug-likeness (QED) is 0.832. The van der Waals surface area contributed by atoms with Crippen LogP contribution in [0.4, 0.5) is 0 Å². The zero-order valence-electron chi connectivity index (χ0n) is 10.3. The Morgan fingerprint density at radius 3 is 2.88 bits per heavy atom. The van der Waals surface area contributed by atoms with Crippen molar-refractivity contribution in [2.45, 2.75) is 25.8 Å². The molecule has 1 aromatic heterocycles. The average molecular weight is 230 g/mol. The molecular weight excluding hydrogens is 212 g/mol. The molecular formula is C14H18N2O. The molecule has 3 heteroatoms. The Labute approximate surface area is 101 Å². The van der Waals surface area contributed by atoms with Gasteiger partial charge in [-0.3, -0.25) is 0 Å². The van der Waals surface area contributed by atoms with Crippen LogP contribution >= 0.6 is 0 Å². The lowest BCUT2D eigenvalue weighted by molar-refractivity contribution is 0.418. The molecule has 2 heterocycles. The van der Waals surface area contributed by atoms with E-state index in [4.69, 9.17) is 4.74 Å². The maximum atomic E-state index is 5.43. The lowest BCUT2D eigenvalue weighted by atomic mass is 10.1. The van der Waals surface area contributed by atoms with Crippen LogP contribution in [0.15, 0.2) is 18.2 Å². The minimum atomic E-state index is 0.479. The number of benzene rings is 1. The molecule has 0 amide bonds. The van der Waals surface area contributed by atoms with E-state index < -0.39 is 0 Å². The summed E-state index contributed by atoms with van der Waals surface area (Å²) in [5.74, 6) is 0.934. The maximum absolute atomic E-state index is 5.43. The van der Waals surface area contributed by atoms with Gasteiger partial charge in [-0.05, 0) is 50.1 Å². The Bertz CT molecular complexity index is 538. The lowest BCUT2D eigenvalue weighted by Crippen LogP contribution is -2.12. The molecule has 0 spiro atoms. The van der Waals surface area contributed by atoms with Crippen molar-refractivity contribution < 1.29 is 4.74 Å². The van der Waals surface area contributed by atoms with E-state index in [2.05, 4.69) is 35.4 Å². The number of aromatic amines is 1. The number of fused-ring (bicyclic) bond motifs is 1. The second kappa shape index (κ2) is 4.08. The zero-order chi connectivity index (χ0) is 11.8. The number of hydrogen-bond acceptors (Lipinski definition) is 2. The fraction of sp³-hybridized carbons (Fsp3) is 0.429. The normalized spacial score (nSPS) is 20.0.